The van der Waals surface area contributed by atoms with Crippen LogP contribution in [-0.2, 0) is 4.79 Å². The van der Waals surface area contributed by atoms with Gasteiger partial charge in [-0.2, -0.15) is 0 Å². The second-order valence-corrected chi connectivity index (χ2v) is 4.11. The minimum atomic E-state index is -1.05. The van der Waals surface area contributed by atoms with Crippen LogP contribution in [0.3, 0.4) is 0 Å². The van der Waals surface area contributed by atoms with E-state index in [1.165, 1.54) is 11.0 Å². The molecule has 0 rings (SSSR count). The monoisotopic (exact) mass is 242 g/mol. The highest BCUT2D eigenvalue weighted by Crippen LogP contribution is 2.05. The molecule has 2 N–H and O–H groups in total. The van der Waals surface area contributed by atoms with E-state index in [-0.39, 0.29) is 18.5 Å². The Balaban J connectivity index is 4.39. The van der Waals surface area contributed by atoms with Gasteiger partial charge in [0, 0.05) is 13.1 Å². The molecule has 2 amide bonds. The van der Waals surface area contributed by atoms with Crippen molar-refractivity contribution >= 4 is 12.0 Å². The van der Waals surface area contributed by atoms with E-state index < -0.39 is 12.0 Å². The van der Waals surface area contributed by atoms with E-state index in [9.17, 15) is 9.59 Å². The number of carboxylic acids is 1. The summed E-state index contributed by atoms with van der Waals surface area (Å²) in [6.07, 6.45) is 3.57. The maximum Gasteiger partial charge on any atom is 0.326 e. The molecule has 0 aromatic carbocycles. The molecule has 0 saturated heterocycles. The third-order valence-electron chi connectivity index (χ3n) is 2.69. The van der Waals surface area contributed by atoms with Crippen LogP contribution in [0.5, 0.6) is 0 Å². The molecule has 0 aliphatic carbocycles. The average molecular weight is 242 g/mol. The minimum Gasteiger partial charge on any atom is -0.480 e. The van der Waals surface area contributed by atoms with Crippen LogP contribution in [0, 0.1) is 0 Å². The summed E-state index contributed by atoms with van der Waals surface area (Å²) in [5, 5.41) is 11.4. The van der Waals surface area contributed by atoms with Gasteiger partial charge in [-0.1, -0.05) is 19.4 Å². The number of hydrogen-bond acceptors (Lipinski definition) is 2. The average Bonchev–Trinajstić information content (AvgIpc) is 2.27. The Hall–Kier alpha value is -1.52. The largest absolute Gasteiger partial charge is 0.480 e. The van der Waals surface area contributed by atoms with E-state index in [0.29, 0.717) is 0 Å². The molecule has 0 bridgehead atoms. The van der Waals surface area contributed by atoms with Crippen LogP contribution in [0.4, 0.5) is 4.79 Å². The molecule has 2 unspecified atom stereocenters. The summed E-state index contributed by atoms with van der Waals surface area (Å²) in [4.78, 5) is 24.2. The summed E-state index contributed by atoms with van der Waals surface area (Å²) < 4.78 is 0. The third-order valence-corrected chi connectivity index (χ3v) is 2.69. The lowest BCUT2D eigenvalue weighted by Crippen LogP contribution is -2.49. The summed E-state index contributed by atoms with van der Waals surface area (Å²) in [5.74, 6) is -1.05. The Labute approximate surface area is 102 Å². The fourth-order valence-electron chi connectivity index (χ4n) is 1.45. The van der Waals surface area contributed by atoms with E-state index in [2.05, 4.69) is 11.9 Å². The zero-order valence-electron chi connectivity index (χ0n) is 10.8. The van der Waals surface area contributed by atoms with Crippen LogP contribution in [0.2, 0.25) is 0 Å². The van der Waals surface area contributed by atoms with Crippen molar-refractivity contribution in [2.24, 2.45) is 0 Å². The summed E-state index contributed by atoms with van der Waals surface area (Å²) >= 11 is 0. The van der Waals surface area contributed by atoms with Gasteiger partial charge in [-0.05, 0) is 19.8 Å². The van der Waals surface area contributed by atoms with Gasteiger partial charge in [0.2, 0.25) is 0 Å². The topological polar surface area (TPSA) is 69.6 Å². The zero-order chi connectivity index (χ0) is 13.4. The van der Waals surface area contributed by atoms with Crippen molar-refractivity contribution in [1.29, 1.82) is 0 Å². The van der Waals surface area contributed by atoms with Crippen molar-refractivity contribution in [2.45, 2.75) is 45.2 Å². The van der Waals surface area contributed by atoms with Crippen molar-refractivity contribution in [3.8, 4) is 0 Å². The second kappa shape index (κ2) is 7.70. The number of nitrogens with one attached hydrogen (secondary N) is 1. The van der Waals surface area contributed by atoms with Crippen LogP contribution in [0.1, 0.15) is 33.1 Å². The fraction of sp³-hybridized carbons (Fsp3) is 0.667. The highest BCUT2D eigenvalue weighted by Gasteiger charge is 2.22. The van der Waals surface area contributed by atoms with Crippen LogP contribution >= 0.6 is 0 Å². The van der Waals surface area contributed by atoms with Gasteiger partial charge in [-0.25, -0.2) is 9.59 Å². The predicted octanol–water partition coefficient (Wildman–Crippen LogP) is 1.85. The van der Waals surface area contributed by atoms with E-state index in [1.54, 1.807) is 7.05 Å². The van der Waals surface area contributed by atoms with Crippen LogP contribution in [-0.4, -0.2) is 41.1 Å². The van der Waals surface area contributed by atoms with Crippen molar-refractivity contribution in [2.75, 3.05) is 7.05 Å². The van der Waals surface area contributed by atoms with Gasteiger partial charge in [-0.15, -0.1) is 6.58 Å². The quantitative estimate of drug-likeness (QED) is 0.669. The van der Waals surface area contributed by atoms with Gasteiger partial charge in [0.05, 0.1) is 0 Å². The maximum atomic E-state index is 11.8. The number of aliphatic carboxylic acids is 1. The maximum absolute atomic E-state index is 11.8. The molecule has 0 spiro atoms. The number of urea groups is 1. The molecule has 0 aliphatic heterocycles. The lowest BCUT2D eigenvalue weighted by Gasteiger charge is -2.26. The first-order valence-corrected chi connectivity index (χ1v) is 5.81. The Morgan fingerprint density at radius 1 is 1.53 bits per heavy atom. The number of rotatable bonds is 7. The van der Waals surface area contributed by atoms with Crippen molar-refractivity contribution in [1.82, 2.24) is 10.2 Å². The molecule has 5 nitrogen and oxygen atoms in total. The highest BCUT2D eigenvalue weighted by atomic mass is 16.4. The van der Waals surface area contributed by atoms with E-state index in [4.69, 9.17) is 5.11 Å². The molecular formula is C12H22N2O3. The Morgan fingerprint density at radius 2 is 2.12 bits per heavy atom. The zero-order valence-corrected chi connectivity index (χ0v) is 10.8. The molecule has 0 aliphatic rings. The van der Waals surface area contributed by atoms with Crippen molar-refractivity contribution in [3.05, 3.63) is 12.7 Å². The molecule has 2 atom stereocenters. The number of nitrogens with zero attached hydrogens (tertiary/aromatic N) is 1. The van der Waals surface area contributed by atoms with E-state index in [1.807, 2.05) is 13.8 Å². The van der Waals surface area contributed by atoms with Crippen LogP contribution < -0.4 is 5.32 Å². The van der Waals surface area contributed by atoms with Gasteiger partial charge in [0.1, 0.15) is 6.04 Å². The number of hydrogen-bond donors (Lipinski definition) is 2. The van der Waals surface area contributed by atoms with E-state index in [0.717, 1.165) is 12.8 Å². The normalized spacial score (nSPS) is 13.6. The number of carbonyl (C=O) groups is 2. The first-order chi connectivity index (χ1) is 7.93. The molecule has 0 aromatic heterocycles. The van der Waals surface area contributed by atoms with Gasteiger partial charge in [-0.3, -0.25) is 0 Å². The summed E-state index contributed by atoms with van der Waals surface area (Å²) in [6, 6.07) is -1.17. The molecule has 5 heteroatoms. The van der Waals surface area contributed by atoms with Crippen molar-refractivity contribution in [3.63, 3.8) is 0 Å². The molecule has 0 heterocycles. The lowest BCUT2D eigenvalue weighted by molar-refractivity contribution is -0.139. The van der Waals surface area contributed by atoms with Crippen LogP contribution in [0.25, 0.3) is 0 Å². The van der Waals surface area contributed by atoms with Gasteiger partial charge in [0.25, 0.3) is 0 Å². The van der Waals surface area contributed by atoms with E-state index >= 15 is 0 Å². The molecule has 17 heavy (non-hydrogen) atoms. The first-order valence-electron chi connectivity index (χ1n) is 5.81. The smallest absolute Gasteiger partial charge is 0.326 e. The Kier molecular flexibility index (Phi) is 7.02. The number of amides is 2. The summed E-state index contributed by atoms with van der Waals surface area (Å²) in [7, 11) is 1.67. The molecule has 0 radical (unpaired) electrons. The number of carbonyl (C=O) groups excluding carboxylic acids is 1. The lowest BCUT2D eigenvalue weighted by atomic mass is 10.2. The predicted molar refractivity (Wildman–Crippen MR) is 66.9 cm³/mol. The molecule has 98 valence electrons. The second-order valence-electron chi connectivity index (χ2n) is 4.11. The van der Waals surface area contributed by atoms with Crippen LogP contribution in [0.15, 0.2) is 12.7 Å². The SMILES string of the molecule is C=CCC(NC(=O)N(C)C(C)CCC)C(=O)O. The Morgan fingerprint density at radius 3 is 2.53 bits per heavy atom. The summed E-state index contributed by atoms with van der Waals surface area (Å²) in [6.45, 7) is 7.45. The summed E-state index contributed by atoms with van der Waals surface area (Å²) in [5.41, 5.74) is 0. The fourth-order valence-corrected chi connectivity index (χ4v) is 1.45. The molecular weight excluding hydrogens is 220 g/mol. The first kappa shape index (κ1) is 15.5. The van der Waals surface area contributed by atoms with Crippen molar-refractivity contribution < 1.29 is 14.7 Å². The highest BCUT2D eigenvalue weighted by molar-refractivity contribution is 5.82. The number of carboxylic acid groups (broad SMARTS) is 1. The molecule has 0 aromatic rings. The standard InChI is InChI=1S/C12H22N2O3/c1-5-7-9(3)14(4)12(17)13-10(8-6-2)11(15)16/h6,9-10H,2,5,7-8H2,1,3-4H3,(H,13,17)(H,15,16). The Bertz CT molecular complexity index is 279. The minimum absolute atomic E-state index is 0.0955. The van der Waals surface area contributed by atoms with Gasteiger partial charge < -0.3 is 15.3 Å². The molecule has 0 fully saturated rings. The van der Waals surface area contributed by atoms with Gasteiger partial charge in [0.15, 0.2) is 0 Å². The molecule has 0 saturated carbocycles. The third kappa shape index (κ3) is 5.38. The van der Waals surface area contributed by atoms with Gasteiger partial charge >= 0.3 is 12.0 Å².